The third-order valence-corrected chi connectivity index (χ3v) is 4.09. The number of hydrogen-bond acceptors (Lipinski definition) is 2. The zero-order chi connectivity index (χ0) is 12.4. The molecule has 2 aromatic rings. The first kappa shape index (κ1) is 11.7. The van der Waals surface area contributed by atoms with E-state index in [-0.39, 0.29) is 6.10 Å². The number of nitrogens with zero attached hydrogens (tertiary/aromatic N) is 1. The van der Waals surface area contributed by atoms with Gasteiger partial charge in [0.1, 0.15) is 0 Å². The lowest BCUT2D eigenvalue weighted by Crippen LogP contribution is -2.16. The number of pyridine rings is 1. The molecule has 0 radical (unpaired) electrons. The molecule has 18 heavy (non-hydrogen) atoms. The number of aliphatic hydroxyl groups is 1. The minimum Gasteiger partial charge on any atom is -0.388 e. The number of aliphatic hydroxyl groups excluding tert-OH is 1. The fraction of sp³-hybridized carbons (Fsp3) is 0.438. The summed E-state index contributed by atoms with van der Waals surface area (Å²) in [4.78, 5) is 4.36. The predicted octanol–water partition coefficient (Wildman–Crippen LogP) is 3.85. The van der Waals surface area contributed by atoms with Crippen LogP contribution in [0.2, 0.25) is 0 Å². The lowest BCUT2D eigenvalue weighted by Gasteiger charge is -2.27. The quantitative estimate of drug-likeness (QED) is 0.866. The summed E-state index contributed by atoms with van der Waals surface area (Å²) < 4.78 is 0. The molecular formula is C16H19NO. The predicted molar refractivity (Wildman–Crippen MR) is 73.3 cm³/mol. The van der Waals surface area contributed by atoms with Gasteiger partial charge < -0.3 is 5.11 Å². The van der Waals surface area contributed by atoms with Crippen molar-refractivity contribution in [1.82, 2.24) is 4.98 Å². The van der Waals surface area contributed by atoms with E-state index < -0.39 is 0 Å². The molecule has 0 spiro atoms. The topological polar surface area (TPSA) is 33.1 Å². The van der Waals surface area contributed by atoms with Crippen LogP contribution in [0.25, 0.3) is 10.9 Å². The van der Waals surface area contributed by atoms with Crippen LogP contribution in [-0.4, -0.2) is 10.1 Å². The van der Waals surface area contributed by atoms with E-state index in [2.05, 4.69) is 11.1 Å². The van der Waals surface area contributed by atoms with Crippen LogP contribution in [0, 0.1) is 5.92 Å². The fourth-order valence-electron chi connectivity index (χ4n) is 3.09. The molecular weight excluding hydrogens is 222 g/mol. The summed E-state index contributed by atoms with van der Waals surface area (Å²) in [5, 5.41) is 11.7. The van der Waals surface area contributed by atoms with Gasteiger partial charge in [-0.05, 0) is 36.5 Å². The monoisotopic (exact) mass is 241 g/mol. The van der Waals surface area contributed by atoms with Crippen molar-refractivity contribution in [3.05, 3.63) is 42.1 Å². The van der Waals surface area contributed by atoms with Crippen LogP contribution in [0.5, 0.6) is 0 Å². The third kappa shape index (κ3) is 2.13. The van der Waals surface area contributed by atoms with E-state index in [0.29, 0.717) is 5.92 Å². The Bertz CT molecular complexity index is 526. The first-order valence-corrected chi connectivity index (χ1v) is 6.88. The van der Waals surface area contributed by atoms with Gasteiger partial charge in [-0.1, -0.05) is 37.5 Å². The van der Waals surface area contributed by atoms with Gasteiger partial charge in [-0.3, -0.25) is 4.98 Å². The Morgan fingerprint density at radius 1 is 1.06 bits per heavy atom. The maximum absolute atomic E-state index is 10.6. The van der Waals surface area contributed by atoms with Gasteiger partial charge in [0.15, 0.2) is 0 Å². The minimum absolute atomic E-state index is 0.335. The molecule has 1 aliphatic rings. The highest BCUT2D eigenvalue weighted by Gasteiger charge is 2.24. The lowest BCUT2D eigenvalue weighted by atomic mass is 9.82. The minimum atomic E-state index is -0.335. The second-order valence-corrected chi connectivity index (χ2v) is 5.26. The average molecular weight is 241 g/mol. The lowest BCUT2D eigenvalue weighted by molar-refractivity contribution is 0.0861. The molecule has 1 fully saturated rings. The highest BCUT2D eigenvalue weighted by Crippen LogP contribution is 2.36. The molecule has 1 heterocycles. The Morgan fingerprint density at radius 3 is 2.72 bits per heavy atom. The molecule has 94 valence electrons. The van der Waals surface area contributed by atoms with E-state index in [4.69, 9.17) is 0 Å². The number of fused-ring (bicyclic) bond motifs is 1. The smallest absolute Gasteiger partial charge is 0.0824 e. The Hall–Kier alpha value is -1.41. The second-order valence-electron chi connectivity index (χ2n) is 5.26. The molecule has 2 heteroatoms. The molecule has 1 aromatic heterocycles. The molecule has 0 aliphatic heterocycles. The molecule has 1 aromatic carbocycles. The van der Waals surface area contributed by atoms with E-state index in [1.54, 1.807) is 6.20 Å². The van der Waals surface area contributed by atoms with Gasteiger partial charge in [-0.15, -0.1) is 0 Å². The van der Waals surface area contributed by atoms with Crippen molar-refractivity contribution in [1.29, 1.82) is 0 Å². The standard InChI is InChI=1S/C16H19NO/c18-16(12-6-2-1-3-7-12)14-8-4-10-15-13(14)9-5-11-17-15/h4-5,8-12,16,18H,1-3,6-7H2. The van der Waals surface area contributed by atoms with Crippen LogP contribution in [0.15, 0.2) is 36.5 Å². The normalized spacial score (nSPS) is 18.9. The number of aromatic nitrogens is 1. The Kier molecular flexibility index (Phi) is 3.28. The molecule has 1 saturated carbocycles. The van der Waals surface area contributed by atoms with Gasteiger partial charge in [0, 0.05) is 11.6 Å². The zero-order valence-electron chi connectivity index (χ0n) is 10.5. The molecule has 0 amide bonds. The van der Waals surface area contributed by atoms with Crippen molar-refractivity contribution in [2.75, 3.05) is 0 Å². The third-order valence-electron chi connectivity index (χ3n) is 4.09. The summed E-state index contributed by atoms with van der Waals surface area (Å²) in [7, 11) is 0. The van der Waals surface area contributed by atoms with Crippen LogP contribution in [0.4, 0.5) is 0 Å². The number of hydrogen-bond donors (Lipinski definition) is 1. The summed E-state index contributed by atoms with van der Waals surface area (Å²) in [6.45, 7) is 0. The SMILES string of the molecule is OC(c1cccc2ncccc12)C1CCCCC1. The maximum Gasteiger partial charge on any atom is 0.0824 e. The van der Waals surface area contributed by atoms with Crippen LogP contribution in [0.3, 0.4) is 0 Å². The molecule has 1 atom stereocenters. The summed E-state index contributed by atoms with van der Waals surface area (Å²) in [6, 6.07) is 10.1. The Labute approximate surface area is 108 Å². The maximum atomic E-state index is 10.6. The summed E-state index contributed by atoms with van der Waals surface area (Å²) >= 11 is 0. The van der Waals surface area contributed by atoms with Crippen LogP contribution < -0.4 is 0 Å². The van der Waals surface area contributed by atoms with Gasteiger partial charge in [-0.25, -0.2) is 0 Å². The van der Waals surface area contributed by atoms with E-state index in [9.17, 15) is 5.11 Å². The average Bonchev–Trinajstić information content (AvgIpc) is 2.47. The van der Waals surface area contributed by atoms with Gasteiger partial charge in [-0.2, -0.15) is 0 Å². The van der Waals surface area contributed by atoms with Crippen molar-refractivity contribution in [3.8, 4) is 0 Å². The van der Waals surface area contributed by atoms with Crippen LogP contribution >= 0.6 is 0 Å². The highest BCUT2D eigenvalue weighted by molar-refractivity contribution is 5.82. The summed E-state index contributed by atoms with van der Waals surface area (Å²) in [6.07, 6.45) is 7.60. The molecule has 0 saturated heterocycles. The van der Waals surface area contributed by atoms with Crippen molar-refractivity contribution >= 4 is 10.9 Å². The first-order valence-electron chi connectivity index (χ1n) is 6.88. The molecule has 3 rings (SSSR count). The molecule has 0 bridgehead atoms. The fourth-order valence-corrected chi connectivity index (χ4v) is 3.09. The Balaban J connectivity index is 1.97. The van der Waals surface area contributed by atoms with Crippen molar-refractivity contribution < 1.29 is 5.11 Å². The highest BCUT2D eigenvalue weighted by atomic mass is 16.3. The zero-order valence-corrected chi connectivity index (χ0v) is 10.5. The summed E-state index contributed by atoms with van der Waals surface area (Å²) in [5.41, 5.74) is 2.03. The largest absolute Gasteiger partial charge is 0.388 e. The van der Waals surface area contributed by atoms with Crippen LogP contribution in [0.1, 0.15) is 43.8 Å². The van der Waals surface area contributed by atoms with Crippen LogP contribution in [-0.2, 0) is 0 Å². The van der Waals surface area contributed by atoms with E-state index in [0.717, 1.165) is 29.3 Å². The van der Waals surface area contributed by atoms with Gasteiger partial charge >= 0.3 is 0 Å². The second kappa shape index (κ2) is 5.07. The molecule has 2 nitrogen and oxygen atoms in total. The number of rotatable bonds is 2. The number of benzene rings is 1. The van der Waals surface area contributed by atoms with Crippen molar-refractivity contribution in [3.63, 3.8) is 0 Å². The van der Waals surface area contributed by atoms with Gasteiger partial charge in [0.25, 0.3) is 0 Å². The van der Waals surface area contributed by atoms with E-state index in [1.807, 2.05) is 24.3 Å². The molecule has 1 N–H and O–H groups in total. The first-order chi connectivity index (χ1) is 8.86. The Morgan fingerprint density at radius 2 is 1.89 bits per heavy atom. The van der Waals surface area contributed by atoms with E-state index >= 15 is 0 Å². The van der Waals surface area contributed by atoms with Crippen molar-refractivity contribution in [2.24, 2.45) is 5.92 Å². The van der Waals surface area contributed by atoms with Crippen molar-refractivity contribution in [2.45, 2.75) is 38.2 Å². The molecule has 1 aliphatic carbocycles. The van der Waals surface area contributed by atoms with E-state index in [1.165, 1.54) is 19.3 Å². The summed E-state index contributed by atoms with van der Waals surface area (Å²) in [5.74, 6) is 0.421. The van der Waals surface area contributed by atoms with Gasteiger partial charge in [0.2, 0.25) is 0 Å². The molecule has 1 unspecified atom stereocenters. The van der Waals surface area contributed by atoms with Gasteiger partial charge in [0.05, 0.1) is 11.6 Å².